The first kappa shape index (κ1) is 16.9. The molecule has 0 bridgehead atoms. The minimum Gasteiger partial charge on any atom is -0.352 e. The molecule has 2 aromatic heterocycles. The van der Waals surface area contributed by atoms with Gasteiger partial charge in [0.25, 0.3) is 5.91 Å². The molecule has 9 heteroatoms. The van der Waals surface area contributed by atoms with Crippen molar-refractivity contribution in [3.05, 3.63) is 58.2 Å². The van der Waals surface area contributed by atoms with Gasteiger partial charge in [-0.1, -0.05) is 0 Å². The quantitative estimate of drug-likeness (QED) is 0.552. The van der Waals surface area contributed by atoms with Crippen LogP contribution in [0.4, 0.5) is 5.82 Å². The minimum atomic E-state index is 0.0775. The molecule has 0 unspecified atom stereocenters. The van der Waals surface area contributed by atoms with Crippen LogP contribution < -0.4 is 4.90 Å². The van der Waals surface area contributed by atoms with Crippen LogP contribution in [0.5, 0.6) is 0 Å². The summed E-state index contributed by atoms with van der Waals surface area (Å²) in [4.78, 5) is 20.5. The Morgan fingerprint density at radius 2 is 1.62 bits per heavy atom. The van der Waals surface area contributed by atoms with Crippen LogP contribution in [0, 0.1) is 3.57 Å². The average Bonchev–Trinajstić information content (AvgIpc) is 3.23. The van der Waals surface area contributed by atoms with Crippen molar-refractivity contribution in [2.75, 3.05) is 31.1 Å². The number of benzene rings is 1. The van der Waals surface area contributed by atoms with Gasteiger partial charge in [-0.15, -0.1) is 10.2 Å². The minimum absolute atomic E-state index is 0.0775. The van der Waals surface area contributed by atoms with E-state index >= 15 is 0 Å². The van der Waals surface area contributed by atoms with Crippen LogP contribution in [-0.2, 0) is 0 Å². The SMILES string of the molecule is O=C(c1ccc(I)cc1)N1CCN(c2ccc(-n3cncn3)nn2)CC1. The lowest BCUT2D eigenvalue weighted by Gasteiger charge is -2.35. The molecule has 0 spiro atoms. The fourth-order valence-corrected chi connectivity index (χ4v) is 3.21. The molecule has 0 atom stereocenters. The van der Waals surface area contributed by atoms with Gasteiger partial charge in [0.1, 0.15) is 12.7 Å². The molecule has 1 aliphatic heterocycles. The number of carbonyl (C=O) groups excluding carboxylic acids is 1. The lowest BCUT2D eigenvalue weighted by atomic mass is 10.2. The van der Waals surface area contributed by atoms with E-state index in [-0.39, 0.29) is 5.91 Å². The van der Waals surface area contributed by atoms with Gasteiger partial charge in [0, 0.05) is 35.3 Å². The van der Waals surface area contributed by atoms with Crippen LogP contribution >= 0.6 is 22.6 Å². The topological polar surface area (TPSA) is 80.0 Å². The van der Waals surface area contributed by atoms with Crippen LogP contribution in [0.25, 0.3) is 5.82 Å². The summed E-state index contributed by atoms with van der Waals surface area (Å²) in [7, 11) is 0. The van der Waals surface area contributed by atoms with Crippen molar-refractivity contribution in [2.24, 2.45) is 0 Å². The summed E-state index contributed by atoms with van der Waals surface area (Å²) in [5, 5.41) is 12.5. The Labute approximate surface area is 164 Å². The molecule has 1 aromatic carbocycles. The van der Waals surface area contributed by atoms with E-state index in [1.54, 1.807) is 11.0 Å². The molecule has 0 aliphatic carbocycles. The van der Waals surface area contributed by atoms with Crippen molar-refractivity contribution in [1.82, 2.24) is 29.9 Å². The van der Waals surface area contributed by atoms with Crippen LogP contribution in [-0.4, -0.2) is 61.9 Å². The molecule has 3 aromatic rings. The van der Waals surface area contributed by atoms with E-state index in [0.717, 1.165) is 28.0 Å². The number of aromatic nitrogens is 5. The van der Waals surface area contributed by atoms with E-state index in [0.29, 0.717) is 18.9 Å². The molecule has 4 rings (SSSR count). The van der Waals surface area contributed by atoms with E-state index in [2.05, 4.69) is 47.8 Å². The van der Waals surface area contributed by atoms with Crippen molar-refractivity contribution < 1.29 is 4.79 Å². The summed E-state index contributed by atoms with van der Waals surface area (Å²) in [6.45, 7) is 2.79. The van der Waals surface area contributed by atoms with Crippen molar-refractivity contribution in [2.45, 2.75) is 0 Å². The highest BCUT2D eigenvalue weighted by Crippen LogP contribution is 2.16. The van der Waals surface area contributed by atoms with E-state index in [9.17, 15) is 4.79 Å². The Kier molecular flexibility index (Phi) is 4.78. The average molecular weight is 461 g/mol. The third-order valence-corrected chi connectivity index (χ3v) is 4.99. The number of nitrogens with zero attached hydrogens (tertiary/aromatic N) is 7. The fourth-order valence-electron chi connectivity index (χ4n) is 2.85. The number of amides is 1. The van der Waals surface area contributed by atoms with Gasteiger partial charge in [0.05, 0.1) is 0 Å². The number of piperazine rings is 1. The molecule has 1 saturated heterocycles. The van der Waals surface area contributed by atoms with Gasteiger partial charge >= 0.3 is 0 Å². The largest absolute Gasteiger partial charge is 0.352 e. The van der Waals surface area contributed by atoms with Gasteiger partial charge in [-0.05, 0) is 59.0 Å². The Bertz CT molecular complexity index is 872. The third-order valence-electron chi connectivity index (χ3n) is 4.27. The first-order chi connectivity index (χ1) is 12.7. The lowest BCUT2D eigenvalue weighted by Crippen LogP contribution is -2.49. The molecule has 132 valence electrons. The molecule has 26 heavy (non-hydrogen) atoms. The smallest absolute Gasteiger partial charge is 0.253 e. The van der Waals surface area contributed by atoms with Crippen LogP contribution in [0.2, 0.25) is 0 Å². The maximum Gasteiger partial charge on any atom is 0.253 e. The van der Waals surface area contributed by atoms with E-state index in [4.69, 9.17) is 0 Å². The first-order valence-electron chi connectivity index (χ1n) is 8.19. The van der Waals surface area contributed by atoms with E-state index < -0.39 is 0 Å². The zero-order valence-electron chi connectivity index (χ0n) is 13.9. The number of halogens is 1. The Hall–Kier alpha value is -2.56. The maximum atomic E-state index is 12.6. The maximum absolute atomic E-state index is 12.6. The Balaban J connectivity index is 1.39. The van der Waals surface area contributed by atoms with Crippen molar-refractivity contribution in [1.29, 1.82) is 0 Å². The van der Waals surface area contributed by atoms with Gasteiger partial charge in [0.15, 0.2) is 11.6 Å². The number of anilines is 1. The zero-order valence-corrected chi connectivity index (χ0v) is 16.0. The van der Waals surface area contributed by atoms with Crippen LogP contribution in [0.3, 0.4) is 0 Å². The molecule has 1 amide bonds. The predicted octanol–water partition coefficient (Wildman–Crippen LogP) is 1.62. The summed E-state index contributed by atoms with van der Waals surface area (Å²) < 4.78 is 2.69. The van der Waals surface area contributed by atoms with Crippen LogP contribution in [0.15, 0.2) is 49.1 Å². The molecule has 1 aliphatic rings. The molecule has 0 radical (unpaired) electrons. The predicted molar refractivity (Wildman–Crippen MR) is 104 cm³/mol. The molecular formula is C17H16IN7O. The summed E-state index contributed by atoms with van der Waals surface area (Å²) in [6, 6.07) is 11.4. The molecular weight excluding hydrogens is 445 g/mol. The number of rotatable bonds is 3. The number of hydrogen-bond donors (Lipinski definition) is 0. The highest BCUT2D eigenvalue weighted by atomic mass is 127. The lowest BCUT2D eigenvalue weighted by molar-refractivity contribution is 0.0746. The normalized spacial score (nSPS) is 14.5. The first-order valence-corrected chi connectivity index (χ1v) is 9.27. The van der Waals surface area contributed by atoms with Gasteiger partial charge < -0.3 is 9.80 Å². The monoisotopic (exact) mass is 461 g/mol. The molecule has 0 saturated carbocycles. The fraction of sp³-hybridized carbons (Fsp3) is 0.235. The summed E-state index contributed by atoms with van der Waals surface area (Å²) >= 11 is 2.24. The highest BCUT2D eigenvalue weighted by molar-refractivity contribution is 14.1. The molecule has 1 fully saturated rings. The second-order valence-corrected chi connectivity index (χ2v) is 7.12. The zero-order chi connectivity index (χ0) is 17.9. The van der Waals surface area contributed by atoms with Gasteiger partial charge in [-0.25, -0.2) is 9.67 Å². The van der Waals surface area contributed by atoms with E-state index in [1.165, 1.54) is 6.33 Å². The standard InChI is InChI=1S/C17H16IN7O/c18-14-3-1-13(2-4-14)17(26)24-9-7-23(8-10-24)15-5-6-16(22-21-15)25-12-19-11-20-25/h1-6,11-12H,7-10H2. The second-order valence-electron chi connectivity index (χ2n) is 5.88. The Morgan fingerprint density at radius 1 is 0.923 bits per heavy atom. The third kappa shape index (κ3) is 3.52. The molecule has 0 N–H and O–H groups in total. The van der Waals surface area contributed by atoms with Gasteiger partial charge in [-0.3, -0.25) is 4.79 Å². The van der Waals surface area contributed by atoms with Crippen molar-refractivity contribution in [3.8, 4) is 5.82 Å². The molecule has 8 nitrogen and oxygen atoms in total. The van der Waals surface area contributed by atoms with Gasteiger partial charge in [-0.2, -0.15) is 5.10 Å². The van der Waals surface area contributed by atoms with Crippen molar-refractivity contribution >= 4 is 34.3 Å². The van der Waals surface area contributed by atoms with Crippen molar-refractivity contribution in [3.63, 3.8) is 0 Å². The summed E-state index contributed by atoms with van der Waals surface area (Å²) in [5.41, 5.74) is 0.732. The second kappa shape index (κ2) is 7.36. The van der Waals surface area contributed by atoms with Gasteiger partial charge in [0.2, 0.25) is 0 Å². The summed E-state index contributed by atoms with van der Waals surface area (Å²) in [6.07, 6.45) is 3.04. The Morgan fingerprint density at radius 3 is 2.23 bits per heavy atom. The number of carbonyl (C=O) groups is 1. The number of hydrogen-bond acceptors (Lipinski definition) is 6. The highest BCUT2D eigenvalue weighted by Gasteiger charge is 2.23. The van der Waals surface area contributed by atoms with Crippen LogP contribution in [0.1, 0.15) is 10.4 Å². The molecule has 3 heterocycles. The summed E-state index contributed by atoms with van der Waals surface area (Å²) in [5.74, 6) is 1.50. The van der Waals surface area contributed by atoms with E-state index in [1.807, 2.05) is 41.3 Å².